The number of rotatable bonds is 5. The first-order valence-corrected chi connectivity index (χ1v) is 13.6. The molecule has 42 heavy (non-hydrogen) atoms. The van der Waals surface area contributed by atoms with Gasteiger partial charge < -0.3 is 20.1 Å². The Labute approximate surface area is 237 Å². The molecule has 1 unspecified atom stereocenters. The van der Waals surface area contributed by atoms with E-state index in [1.165, 1.54) is 7.11 Å². The molecule has 5 aliphatic heterocycles. The first-order valence-electron chi connectivity index (χ1n) is 13.6. The number of piperidine rings is 3. The second kappa shape index (κ2) is 10.0. The number of halogens is 6. The van der Waals surface area contributed by atoms with Crippen LogP contribution >= 0.6 is 0 Å². The molecule has 5 atom stereocenters. The van der Waals surface area contributed by atoms with Gasteiger partial charge in [0.2, 0.25) is 0 Å². The van der Waals surface area contributed by atoms with E-state index in [9.17, 15) is 31.1 Å². The molecule has 0 saturated carbocycles. The van der Waals surface area contributed by atoms with Gasteiger partial charge in [-0.1, -0.05) is 6.92 Å². The quantitative estimate of drug-likeness (QED) is 0.305. The van der Waals surface area contributed by atoms with Crippen LogP contribution in [-0.2, 0) is 17.1 Å². The Morgan fingerprint density at radius 2 is 1.81 bits per heavy atom. The van der Waals surface area contributed by atoms with Crippen molar-refractivity contribution in [2.24, 2.45) is 5.92 Å². The van der Waals surface area contributed by atoms with Crippen molar-refractivity contribution < 1.29 is 40.6 Å². The van der Waals surface area contributed by atoms with Gasteiger partial charge in [0.05, 0.1) is 41.1 Å². The van der Waals surface area contributed by atoms with Crippen molar-refractivity contribution >= 4 is 28.3 Å². The van der Waals surface area contributed by atoms with Crippen LogP contribution in [0, 0.1) is 5.92 Å². The van der Waals surface area contributed by atoms with Crippen LogP contribution in [0.5, 0.6) is 5.75 Å². The predicted molar refractivity (Wildman–Crippen MR) is 142 cm³/mol. The second-order valence-electron chi connectivity index (χ2n) is 11.0. The van der Waals surface area contributed by atoms with Crippen LogP contribution in [0.2, 0.25) is 0 Å². The maximum atomic E-state index is 13.4. The van der Waals surface area contributed by atoms with E-state index in [-0.39, 0.29) is 35.3 Å². The number of aromatic nitrogens is 1. The highest BCUT2D eigenvalue weighted by atomic mass is 19.4. The van der Waals surface area contributed by atoms with Gasteiger partial charge in [0.15, 0.2) is 0 Å². The van der Waals surface area contributed by atoms with Crippen molar-refractivity contribution in [3.63, 3.8) is 0 Å². The predicted octanol–water partition coefficient (Wildman–Crippen LogP) is 7.24. The van der Waals surface area contributed by atoms with Gasteiger partial charge in [-0.2, -0.15) is 26.3 Å². The summed E-state index contributed by atoms with van der Waals surface area (Å²) in [6.45, 7) is 3.93. The van der Waals surface area contributed by atoms with Crippen molar-refractivity contribution in [3.8, 4) is 5.75 Å². The van der Waals surface area contributed by atoms with E-state index < -0.39 is 35.2 Å². The molecule has 224 valence electrons. The summed E-state index contributed by atoms with van der Waals surface area (Å²) in [5, 5.41) is 5.25. The van der Waals surface area contributed by atoms with Crippen molar-refractivity contribution in [2.45, 2.75) is 56.3 Å². The third-order valence-corrected chi connectivity index (χ3v) is 8.80. The molecule has 7 nitrogen and oxygen atoms in total. The van der Waals surface area contributed by atoms with E-state index in [4.69, 9.17) is 9.47 Å². The van der Waals surface area contributed by atoms with Crippen LogP contribution in [-0.4, -0.2) is 47.8 Å². The fraction of sp³-hybridized carbons (Fsp3) is 0.448. The molecular formula is C29H28F6N4O3. The number of amides is 2. The zero-order valence-corrected chi connectivity index (χ0v) is 22.7. The first kappa shape index (κ1) is 28.5. The Kier molecular flexibility index (Phi) is 6.80. The monoisotopic (exact) mass is 594 g/mol. The highest BCUT2D eigenvalue weighted by Gasteiger charge is 2.58. The highest BCUT2D eigenvalue weighted by molar-refractivity contribution is 6.08. The third-order valence-electron chi connectivity index (χ3n) is 8.80. The molecule has 2 N–H and O–H groups in total. The van der Waals surface area contributed by atoms with E-state index in [1.54, 1.807) is 18.3 Å². The summed E-state index contributed by atoms with van der Waals surface area (Å²) in [7, 11) is 1.39. The number of nitrogens with zero attached hydrogens (tertiary/aromatic N) is 2. The maximum absolute atomic E-state index is 13.4. The summed E-state index contributed by atoms with van der Waals surface area (Å²) in [4.78, 5) is 20.0. The number of carbonyl (C=O) groups excluding carboxylic acids is 1. The van der Waals surface area contributed by atoms with Crippen LogP contribution in [0.3, 0.4) is 0 Å². The lowest BCUT2D eigenvalue weighted by molar-refractivity contribution is -0.274. The molecule has 1 aromatic heterocycles. The van der Waals surface area contributed by atoms with Crippen LogP contribution in [0.4, 0.5) is 42.5 Å². The van der Waals surface area contributed by atoms with E-state index in [0.29, 0.717) is 29.0 Å². The maximum Gasteiger partial charge on any atom is 0.416 e. The molecular weight excluding hydrogens is 566 g/mol. The average Bonchev–Trinajstić information content (AvgIpc) is 2.95. The number of urea groups is 1. The Balaban J connectivity index is 1.38. The number of benzene rings is 2. The Morgan fingerprint density at radius 3 is 2.40 bits per heavy atom. The molecule has 2 amide bonds. The molecule has 2 aromatic carbocycles. The SMILES string of the molecule is CC[C@]12CN3CC[C@H]1C[C@@H]3[C@H](c1ccnc3ccc(OC)c(NC(=O)Nc4cc(C(F)(F)F)cc(C(F)(F)F)c4)c13)O2. The Hall–Kier alpha value is -3.58. The topological polar surface area (TPSA) is 75.7 Å². The molecule has 5 fully saturated rings. The van der Waals surface area contributed by atoms with Gasteiger partial charge in [0, 0.05) is 29.9 Å². The van der Waals surface area contributed by atoms with E-state index in [1.807, 2.05) is 6.07 Å². The van der Waals surface area contributed by atoms with Gasteiger partial charge >= 0.3 is 18.4 Å². The van der Waals surface area contributed by atoms with Crippen molar-refractivity contribution in [1.29, 1.82) is 0 Å². The number of carbonyl (C=O) groups is 1. The Bertz CT molecular complexity index is 1510. The lowest BCUT2D eigenvalue weighted by Gasteiger charge is -2.64. The van der Waals surface area contributed by atoms with Crippen molar-refractivity contribution in [2.75, 3.05) is 30.8 Å². The molecule has 4 bridgehead atoms. The normalized spacial score (nSPS) is 26.9. The number of hydrogen-bond donors (Lipinski definition) is 2. The smallest absolute Gasteiger partial charge is 0.416 e. The fourth-order valence-corrected chi connectivity index (χ4v) is 6.82. The number of alkyl halides is 6. The van der Waals surface area contributed by atoms with Gasteiger partial charge in [-0.05, 0) is 73.7 Å². The summed E-state index contributed by atoms with van der Waals surface area (Å²) in [6, 6.07) is 5.06. The minimum atomic E-state index is -5.06. The second-order valence-corrected chi connectivity index (χ2v) is 11.0. The van der Waals surface area contributed by atoms with Crippen LogP contribution in [0.25, 0.3) is 10.9 Å². The Morgan fingerprint density at radius 1 is 1.10 bits per heavy atom. The number of anilines is 2. The molecule has 0 aliphatic carbocycles. The van der Waals surface area contributed by atoms with E-state index in [2.05, 4.69) is 27.4 Å². The largest absolute Gasteiger partial charge is 0.495 e. The number of morpholine rings is 1. The van der Waals surface area contributed by atoms with Gasteiger partial charge in [0.1, 0.15) is 5.75 Å². The standard InChI is InChI=1S/C29H28F6N4O3/c1-3-27-14-39-9-7-15(27)13-21(39)25(42-27)19-6-8-36-20-4-5-22(41-2)24(23(19)20)38-26(40)37-18-11-16(28(30,31)32)10-17(12-18)29(33,34)35/h4-6,8,10-12,15,21,25H,3,7,9,13-14H2,1-2H3,(H2,37,38,40)/t15-,21+,25-,27-/m0/s1. The van der Waals surface area contributed by atoms with Crippen LogP contribution in [0.15, 0.2) is 42.6 Å². The first-order chi connectivity index (χ1) is 19.8. The molecule has 0 spiro atoms. The number of nitrogens with one attached hydrogen (secondary N) is 2. The van der Waals surface area contributed by atoms with Crippen LogP contribution in [0.1, 0.15) is 49.0 Å². The zero-order chi connectivity index (χ0) is 30.0. The minimum Gasteiger partial charge on any atom is -0.495 e. The van der Waals surface area contributed by atoms with E-state index >= 15 is 0 Å². The van der Waals surface area contributed by atoms with Gasteiger partial charge in [-0.15, -0.1) is 0 Å². The molecule has 6 heterocycles. The zero-order valence-electron chi connectivity index (χ0n) is 22.7. The summed E-state index contributed by atoms with van der Waals surface area (Å²) >= 11 is 0. The highest BCUT2D eigenvalue weighted by Crippen LogP contribution is 2.55. The third kappa shape index (κ3) is 4.81. The molecule has 0 radical (unpaired) electrons. The number of hydrogen-bond acceptors (Lipinski definition) is 5. The summed E-state index contributed by atoms with van der Waals surface area (Å²) < 4.78 is 92.4. The number of pyridine rings is 1. The van der Waals surface area contributed by atoms with Crippen LogP contribution < -0.4 is 15.4 Å². The molecule has 13 heteroatoms. The molecule has 3 aromatic rings. The summed E-state index contributed by atoms with van der Waals surface area (Å²) in [6.07, 6.45) is -5.93. The lowest BCUT2D eigenvalue weighted by Crippen LogP contribution is -2.70. The number of fused-ring (bicyclic) bond motifs is 3. The van der Waals surface area contributed by atoms with Gasteiger partial charge in [-0.25, -0.2) is 4.79 Å². The van der Waals surface area contributed by atoms with Gasteiger partial charge in [0.25, 0.3) is 0 Å². The minimum absolute atomic E-state index is 0.00158. The van der Waals surface area contributed by atoms with Crippen molar-refractivity contribution in [3.05, 3.63) is 59.3 Å². The molecule has 5 saturated heterocycles. The fourth-order valence-electron chi connectivity index (χ4n) is 6.82. The van der Waals surface area contributed by atoms with Gasteiger partial charge in [-0.3, -0.25) is 9.88 Å². The lowest BCUT2D eigenvalue weighted by atomic mass is 9.66. The average molecular weight is 595 g/mol. The summed E-state index contributed by atoms with van der Waals surface area (Å²) in [5.41, 5.74) is -2.60. The summed E-state index contributed by atoms with van der Waals surface area (Å²) in [5.74, 6) is 0.689. The van der Waals surface area contributed by atoms with E-state index in [0.717, 1.165) is 37.9 Å². The number of ether oxygens (including phenoxy) is 2. The number of methoxy groups -OCH3 is 1. The molecule has 8 rings (SSSR count). The van der Waals surface area contributed by atoms with Crippen molar-refractivity contribution in [1.82, 2.24) is 9.88 Å². The molecule has 5 aliphatic rings.